The number of anilines is 1. The van der Waals surface area contributed by atoms with Gasteiger partial charge in [-0.1, -0.05) is 12.1 Å². The highest BCUT2D eigenvalue weighted by Crippen LogP contribution is 2.19. The van der Waals surface area contributed by atoms with E-state index in [2.05, 4.69) is 15.6 Å². The van der Waals surface area contributed by atoms with E-state index in [-0.39, 0.29) is 23.9 Å². The van der Waals surface area contributed by atoms with E-state index in [1.807, 2.05) is 0 Å². The highest BCUT2D eigenvalue weighted by molar-refractivity contribution is 6.09. The molecule has 1 aromatic carbocycles. The molecule has 7 heteroatoms. The Labute approximate surface area is 150 Å². The lowest BCUT2D eigenvalue weighted by Gasteiger charge is -2.12. The molecule has 0 spiro atoms. The molecule has 0 unspecified atom stereocenters. The van der Waals surface area contributed by atoms with Crippen LogP contribution in [0.4, 0.5) is 5.69 Å². The quantitative estimate of drug-likeness (QED) is 0.712. The molecule has 0 radical (unpaired) electrons. The van der Waals surface area contributed by atoms with Gasteiger partial charge in [0.25, 0.3) is 11.8 Å². The minimum Gasteiger partial charge on any atom is -0.480 e. The molecule has 0 saturated heterocycles. The highest BCUT2D eigenvalue weighted by Gasteiger charge is 2.17. The summed E-state index contributed by atoms with van der Waals surface area (Å²) >= 11 is 0. The predicted octanol–water partition coefficient (Wildman–Crippen LogP) is 2.87. The molecule has 2 amide bonds. The Hall–Kier alpha value is -3.61. The van der Waals surface area contributed by atoms with E-state index >= 15 is 0 Å². The summed E-state index contributed by atoms with van der Waals surface area (Å²) in [4.78, 5) is 29.0. The molecule has 0 aliphatic heterocycles. The Morgan fingerprint density at radius 3 is 2.62 bits per heavy atom. The molecule has 3 aromatic rings. The normalized spacial score (nSPS) is 10.2. The van der Waals surface area contributed by atoms with Crippen molar-refractivity contribution in [3.05, 3.63) is 77.9 Å². The van der Waals surface area contributed by atoms with Gasteiger partial charge in [0.15, 0.2) is 0 Å². The minimum atomic E-state index is -0.416. The first-order valence-electron chi connectivity index (χ1n) is 7.89. The van der Waals surface area contributed by atoms with Gasteiger partial charge in [0.1, 0.15) is 11.3 Å². The van der Waals surface area contributed by atoms with Crippen molar-refractivity contribution in [1.29, 1.82) is 0 Å². The van der Waals surface area contributed by atoms with Gasteiger partial charge in [-0.05, 0) is 36.4 Å². The van der Waals surface area contributed by atoms with E-state index in [0.717, 1.165) is 0 Å². The lowest BCUT2D eigenvalue weighted by Crippen LogP contribution is -2.24. The summed E-state index contributed by atoms with van der Waals surface area (Å²) in [7, 11) is 1.44. The molecule has 0 fully saturated rings. The molecule has 0 aliphatic rings. The van der Waals surface area contributed by atoms with Crippen LogP contribution < -0.4 is 15.4 Å². The van der Waals surface area contributed by atoms with Crippen molar-refractivity contribution >= 4 is 17.5 Å². The maximum atomic E-state index is 12.5. The third kappa shape index (κ3) is 3.89. The summed E-state index contributed by atoms with van der Waals surface area (Å²) in [6.45, 7) is 0.255. The zero-order valence-electron chi connectivity index (χ0n) is 14.1. The molecule has 0 aliphatic carbocycles. The van der Waals surface area contributed by atoms with Crippen molar-refractivity contribution in [3.63, 3.8) is 0 Å². The fourth-order valence-electron chi connectivity index (χ4n) is 2.38. The third-order valence-electron chi connectivity index (χ3n) is 3.63. The first-order valence-corrected chi connectivity index (χ1v) is 7.89. The van der Waals surface area contributed by atoms with Crippen molar-refractivity contribution in [3.8, 4) is 5.88 Å². The summed E-state index contributed by atoms with van der Waals surface area (Å²) in [5.41, 5.74) is 1.01. The zero-order chi connectivity index (χ0) is 18.4. The molecule has 132 valence electrons. The Kier molecular flexibility index (Phi) is 5.28. The van der Waals surface area contributed by atoms with Crippen LogP contribution in [0.25, 0.3) is 0 Å². The van der Waals surface area contributed by atoms with Crippen LogP contribution in [0.2, 0.25) is 0 Å². The van der Waals surface area contributed by atoms with Gasteiger partial charge in [0.2, 0.25) is 5.88 Å². The average molecular weight is 351 g/mol. The molecular formula is C19H17N3O4. The van der Waals surface area contributed by atoms with Crippen molar-refractivity contribution in [2.24, 2.45) is 0 Å². The standard InChI is InChI=1S/C19H17N3O4/c1-25-19-15(8-4-10-20-19)18(24)22-16-9-3-2-7-14(16)17(23)21-12-13-6-5-11-26-13/h2-11H,12H2,1H3,(H,21,23)(H,22,24). The molecule has 2 N–H and O–H groups in total. The Balaban J connectivity index is 1.76. The van der Waals surface area contributed by atoms with Crippen LogP contribution in [0.1, 0.15) is 26.5 Å². The van der Waals surface area contributed by atoms with E-state index in [1.54, 1.807) is 48.5 Å². The topological polar surface area (TPSA) is 93.5 Å². The second-order valence-electron chi connectivity index (χ2n) is 5.32. The molecule has 0 atom stereocenters. The number of hydrogen-bond acceptors (Lipinski definition) is 5. The molecular weight excluding hydrogens is 334 g/mol. The molecule has 2 aromatic heterocycles. The van der Waals surface area contributed by atoms with Crippen LogP contribution >= 0.6 is 0 Å². The van der Waals surface area contributed by atoms with Gasteiger partial charge >= 0.3 is 0 Å². The molecule has 3 rings (SSSR count). The number of carbonyl (C=O) groups is 2. The van der Waals surface area contributed by atoms with Crippen LogP contribution in [-0.2, 0) is 6.54 Å². The van der Waals surface area contributed by atoms with Crippen molar-refractivity contribution in [2.75, 3.05) is 12.4 Å². The number of nitrogens with one attached hydrogen (secondary N) is 2. The van der Waals surface area contributed by atoms with Gasteiger partial charge in [0, 0.05) is 6.20 Å². The monoisotopic (exact) mass is 351 g/mol. The number of pyridine rings is 1. The van der Waals surface area contributed by atoms with Gasteiger partial charge < -0.3 is 19.8 Å². The van der Waals surface area contributed by atoms with E-state index in [0.29, 0.717) is 17.0 Å². The van der Waals surface area contributed by atoms with Crippen molar-refractivity contribution < 1.29 is 18.7 Å². The fourth-order valence-corrected chi connectivity index (χ4v) is 2.38. The van der Waals surface area contributed by atoms with Gasteiger partial charge in [0.05, 0.1) is 31.2 Å². The Morgan fingerprint density at radius 1 is 1.04 bits per heavy atom. The first kappa shape index (κ1) is 17.2. The third-order valence-corrected chi connectivity index (χ3v) is 3.63. The number of ether oxygens (including phenoxy) is 1. The Morgan fingerprint density at radius 2 is 1.85 bits per heavy atom. The number of methoxy groups -OCH3 is 1. The summed E-state index contributed by atoms with van der Waals surface area (Å²) in [6, 6.07) is 13.5. The summed E-state index contributed by atoms with van der Waals surface area (Å²) in [6.07, 6.45) is 3.07. The number of furan rings is 1. The smallest absolute Gasteiger partial charge is 0.261 e. The average Bonchev–Trinajstić information content (AvgIpc) is 3.20. The number of nitrogens with zero attached hydrogens (tertiary/aromatic N) is 1. The number of para-hydroxylation sites is 1. The predicted molar refractivity (Wildman–Crippen MR) is 95.1 cm³/mol. The number of carbonyl (C=O) groups excluding carboxylic acids is 2. The number of hydrogen-bond donors (Lipinski definition) is 2. The van der Waals surface area contributed by atoms with Gasteiger partial charge in [-0.25, -0.2) is 4.98 Å². The van der Waals surface area contributed by atoms with Gasteiger partial charge in [-0.2, -0.15) is 0 Å². The number of rotatable bonds is 6. The van der Waals surface area contributed by atoms with Gasteiger partial charge in [-0.3, -0.25) is 9.59 Å². The summed E-state index contributed by atoms with van der Waals surface area (Å²) < 4.78 is 10.3. The fraction of sp³-hybridized carbons (Fsp3) is 0.105. The van der Waals surface area contributed by atoms with Crippen LogP contribution in [0, 0.1) is 0 Å². The molecule has 0 saturated carbocycles. The van der Waals surface area contributed by atoms with E-state index in [4.69, 9.17) is 9.15 Å². The molecule has 7 nitrogen and oxygen atoms in total. The maximum absolute atomic E-state index is 12.5. The summed E-state index contributed by atoms with van der Waals surface area (Å²) in [5.74, 6) is 0.112. The second-order valence-corrected chi connectivity index (χ2v) is 5.32. The van der Waals surface area contributed by atoms with E-state index in [1.165, 1.54) is 19.6 Å². The first-order chi connectivity index (χ1) is 12.7. The minimum absolute atomic E-state index is 0.213. The maximum Gasteiger partial charge on any atom is 0.261 e. The molecule has 0 bridgehead atoms. The van der Waals surface area contributed by atoms with Crippen LogP contribution in [0.3, 0.4) is 0 Å². The second kappa shape index (κ2) is 7.98. The van der Waals surface area contributed by atoms with Crippen LogP contribution in [0.5, 0.6) is 5.88 Å². The van der Waals surface area contributed by atoms with Crippen molar-refractivity contribution in [2.45, 2.75) is 6.54 Å². The Bertz CT molecular complexity index is 907. The largest absolute Gasteiger partial charge is 0.480 e. The zero-order valence-corrected chi connectivity index (χ0v) is 14.1. The van der Waals surface area contributed by atoms with Crippen molar-refractivity contribution in [1.82, 2.24) is 10.3 Å². The SMILES string of the molecule is COc1ncccc1C(=O)Nc1ccccc1C(=O)NCc1ccco1. The van der Waals surface area contributed by atoms with E-state index < -0.39 is 5.91 Å². The van der Waals surface area contributed by atoms with Crippen LogP contribution in [0.15, 0.2) is 65.4 Å². The van der Waals surface area contributed by atoms with E-state index in [9.17, 15) is 9.59 Å². The number of amides is 2. The lowest BCUT2D eigenvalue weighted by atomic mass is 10.1. The number of aromatic nitrogens is 1. The highest BCUT2D eigenvalue weighted by atomic mass is 16.5. The van der Waals surface area contributed by atoms with Gasteiger partial charge in [-0.15, -0.1) is 0 Å². The number of benzene rings is 1. The van der Waals surface area contributed by atoms with Crippen LogP contribution in [-0.4, -0.2) is 23.9 Å². The summed E-state index contributed by atoms with van der Waals surface area (Å²) in [5, 5.41) is 5.49. The lowest BCUT2D eigenvalue weighted by molar-refractivity contribution is 0.0949. The molecule has 2 heterocycles. The molecule has 26 heavy (non-hydrogen) atoms.